The van der Waals surface area contributed by atoms with Gasteiger partial charge < -0.3 is 10.6 Å². The summed E-state index contributed by atoms with van der Waals surface area (Å²) < 4.78 is 0. The Bertz CT molecular complexity index is 403. The van der Waals surface area contributed by atoms with E-state index in [0.717, 1.165) is 36.5 Å². The third-order valence-corrected chi connectivity index (χ3v) is 4.79. The lowest BCUT2D eigenvalue weighted by Crippen LogP contribution is -2.30. The number of allylic oxidation sites excluding steroid dienone is 4. The van der Waals surface area contributed by atoms with Gasteiger partial charge in [0.2, 0.25) is 0 Å². The zero-order valence-corrected chi connectivity index (χ0v) is 12.9. The van der Waals surface area contributed by atoms with E-state index in [0.29, 0.717) is 5.78 Å². The molecule has 1 unspecified atom stereocenters. The maximum absolute atomic E-state index is 12.4. The Morgan fingerprint density at radius 2 is 2.05 bits per heavy atom. The topological polar surface area (TPSA) is 46.3 Å². The van der Waals surface area contributed by atoms with Crippen molar-refractivity contribution in [1.82, 2.24) is 4.90 Å². The largest absolute Gasteiger partial charge is 0.402 e. The Morgan fingerprint density at radius 3 is 2.65 bits per heavy atom. The number of Topliss-reactive ketones (excluding diaryl/α,β-unsaturated/α-hetero) is 1. The Balaban J connectivity index is 1.77. The molecule has 1 atom stereocenters. The SMILES string of the molecule is CC(CCC1CCN(C)CC1)C(=O)C1=CC=C(N)CC1. The van der Waals surface area contributed by atoms with Crippen LogP contribution in [0.15, 0.2) is 23.4 Å². The lowest BCUT2D eigenvalue weighted by Gasteiger charge is -2.29. The Morgan fingerprint density at radius 1 is 1.35 bits per heavy atom. The van der Waals surface area contributed by atoms with E-state index in [4.69, 9.17) is 5.73 Å². The van der Waals surface area contributed by atoms with Crippen LogP contribution in [0.5, 0.6) is 0 Å². The lowest BCUT2D eigenvalue weighted by molar-refractivity contribution is -0.119. The number of piperidine rings is 1. The van der Waals surface area contributed by atoms with E-state index in [9.17, 15) is 4.79 Å². The highest BCUT2D eigenvalue weighted by Crippen LogP contribution is 2.26. The summed E-state index contributed by atoms with van der Waals surface area (Å²) in [4.78, 5) is 14.8. The highest BCUT2D eigenvalue weighted by Gasteiger charge is 2.22. The number of likely N-dealkylation sites (tertiary alicyclic amines) is 1. The highest BCUT2D eigenvalue weighted by molar-refractivity contribution is 5.97. The normalized spacial score (nSPS) is 23.1. The van der Waals surface area contributed by atoms with Crippen LogP contribution in [0.4, 0.5) is 0 Å². The summed E-state index contributed by atoms with van der Waals surface area (Å²) >= 11 is 0. The van der Waals surface area contributed by atoms with E-state index in [1.54, 1.807) is 0 Å². The molecule has 3 heteroatoms. The van der Waals surface area contributed by atoms with Crippen LogP contribution in [0.2, 0.25) is 0 Å². The summed E-state index contributed by atoms with van der Waals surface area (Å²) in [5.41, 5.74) is 7.60. The van der Waals surface area contributed by atoms with Gasteiger partial charge in [0, 0.05) is 11.6 Å². The van der Waals surface area contributed by atoms with Crippen LogP contribution in [0.1, 0.15) is 45.4 Å². The van der Waals surface area contributed by atoms with Gasteiger partial charge in [-0.15, -0.1) is 0 Å². The molecule has 1 heterocycles. The van der Waals surface area contributed by atoms with Gasteiger partial charge in [0.15, 0.2) is 5.78 Å². The minimum Gasteiger partial charge on any atom is -0.402 e. The first-order chi connectivity index (χ1) is 9.56. The molecule has 3 nitrogen and oxygen atoms in total. The van der Waals surface area contributed by atoms with Crippen LogP contribution in [0, 0.1) is 11.8 Å². The van der Waals surface area contributed by atoms with Gasteiger partial charge in [0.25, 0.3) is 0 Å². The van der Waals surface area contributed by atoms with Crippen molar-refractivity contribution in [2.75, 3.05) is 20.1 Å². The van der Waals surface area contributed by atoms with E-state index >= 15 is 0 Å². The molecule has 0 aromatic heterocycles. The van der Waals surface area contributed by atoms with Gasteiger partial charge in [-0.25, -0.2) is 0 Å². The summed E-state index contributed by atoms with van der Waals surface area (Å²) in [5.74, 6) is 1.31. The van der Waals surface area contributed by atoms with Crippen LogP contribution >= 0.6 is 0 Å². The van der Waals surface area contributed by atoms with Crippen LogP contribution in [-0.2, 0) is 4.79 Å². The van der Waals surface area contributed by atoms with E-state index in [1.165, 1.54) is 32.4 Å². The highest BCUT2D eigenvalue weighted by atomic mass is 16.1. The first kappa shape index (κ1) is 15.3. The van der Waals surface area contributed by atoms with Crippen molar-refractivity contribution in [2.24, 2.45) is 17.6 Å². The Kier molecular flexibility index (Phi) is 5.41. The fourth-order valence-corrected chi connectivity index (χ4v) is 3.14. The molecule has 112 valence electrons. The fourth-order valence-electron chi connectivity index (χ4n) is 3.14. The average molecular weight is 276 g/mol. The summed E-state index contributed by atoms with van der Waals surface area (Å²) in [5, 5.41) is 0. The van der Waals surface area contributed by atoms with Gasteiger partial charge in [-0.1, -0.05) is 13.0 Å². The molecule has 0 amide bonds. The van der Waals surface area contributed by atoms with Crippen molar-refractivity contribution < 1.29 is 4.79 Å². The van der Waals surface area contributed by atoms with Crippen molar-refractivity contribution >= 4 is 5.78 Å². The van der Waals surface area contributed by atoms with Gasteiger partial charge in [0.1, 0.15) is 0 Å². The summed E-state index contributed by atoms with van der Waals surface area (Å²) in [6.07, 6.45) is 10.3. The fraction of sp³-hybridized carbons (Fsp3) is 0.706. The predicted octanol–water partition coefficient (Wildman–Crippen LogP) is 2.88. The van der Waals surface area contributed by atoms with E-state index in [-0.39, 0.29) is 5.92 Å². The number of hydrogen-bond donors (Lipinski definition) is 1. The van der Waals surface area contributed by atoms with Crippen molar-refractivity contribution in [3.63, 3.8) is 0 Å². The molecule has 1 aliphatic carbocycles. The average Bonchev–Trinajstić information content (AvgIpc) is 2.46. The number of rotatable bonds is 5. The molecule has 1 fully saturated rings. The second kappa shape index (κ2) is 7.07. The first-order valence-corrected chi connectivity index (χ1v) is 7.94. The molecule has 1 saturated heterocycles. The van der Waals surface area contributed by atoms with Gasteiger partial charge in [-0.05, 0) is 76.2 Å². The Hall–Kier alpha value is -1.09. The standard InChI is InChI=1S/C17H28N2O/c1-13(3-4-14-9-11-19(2)12-10-14)17(20)15-5-7-16(18)8-6-15/h5,7,13-14H,3-4,6,8-12,18H2,1-2H3. The number of carbonyl (C=O) groups excluding carboxylic acids is 1. The van der Waals surface area contributed by atoms with E-state index in [1.807, 2.05) is 12.2 Å². The van der Waals surface area contributed by atoms with E-state index in [2.05, 4.69) is 18.9 Å². The molecule has 2 aliphatic rings. The monoisotopic (exact) mass is 276 g/mol. The van der Waals surface area contributed by atoms with Crippen LogP contribution in [0.3, 0.4) is 0 Å². The van der Waals surface area contributed by atoms with Crippen molar-refractivity contribution in [2.45, 2.75) is 45.4 Å². The molecule has 0 spiro atoms. The molecule has 0 bridgehead atoms. The maximum atomic E-state index is 12.4. The molecule has 1 aliphatic heterocycles. The third kappa shape index (κ3) is 4.20. The van der Waals surface area contributed by atoms with Crippen molar-refractivity contribution in [3.05, 3.63) is 23.4 Å². The molecule has 2 rings (SSSR count). The molecule has 0 saturated carbocycles. The number of ketones is 1. The van der Waals surface area contributed by atoms with Gasteiger partial charge in [0.05, 0.1) is 0 Å². The maximum Gasteiger partial charge on any atom is 0.161 e. The van der Waals surface area contributed by atoms with Crippen molar-refractivity contribution in [3.8, 4) is 0 Å². The second-order valence-corrected chi connectivity index (χ2v) is 6.52. The molecule has 0 aromatic rings. The first-order valence-electron chi connectivity index (χ1n) is 7.94. The van der Waals surface area contributed by atoms with Gasteiger partial charge >= 0.3 is 0 Å². The molecule has 2 N–H and O–H groups in total. The molecule has 0 aromatic carbocycles. The smallest absolute Gasteiger partial charge is 0.161 e. The summed E-state index contributed by atoms with van der Waals surface area (Å²) in [6.45, 7) is 4.50. The molecular weight excluding hydrogens is 248 g/mol. The minimum atomic E-state index is 0.161. The van der Waals surface area contributed by atoms with Crippen LogP contribution < -0.4 is 5.73 Å². The number of hydrogen-bond acceptors (Lipinski definition) is 3. The van der Waals surface area contributed by atoms with Gasteiger partial charge in [-0.3, -0.25) is 4.79 Å². The summed E-state index contributed by atoms with van der Waals surface area (Å²) in [6, 6.07) is 0. The Labute approximate surface area is 122 Å². The minimum absolute atomic E-state index is 0.161. The quantitative estimate of drug-likeness (QED) is 0.840. The molecular formula is C17H28N2O. The summed E-state index contributed by atoms with van der Waals surface area (Å²) in [7, 11) is 2.19. The second-order valence-electron chi connectivity index (χ2n) is 6.52. The lowest BCUT2D eigenvalue weighted by atomic mass is 9.85. The number of nitrogens with two attached hydrogens (primary N) is 1. The van der Waals surface area contributed by atoms with Crippen LogP contribution in [-0.4, -0.2) is 30.8 Å². The van der Waals surface area contributed by atoms with Crippen LogP contribution in [0.25, 0.3) is 0 Å². The molecule has 0 radical (unpaired) electrons. The van der Waals surface area contributed by atoms with Gasteiger partial charge in [-0.2, -0.15) is 0 Å². The number of carbonyl (C=O) groups is 1. The predicted molar refractivity (Wildman–Crippen MR) is 83.2 cm³/mol. The van der Waals surface area contributed by atoms with Crippen molar-refractivity contribution in [1.29, 1.82) is 0 Å². The third-order valence-electron chi connectivity index (χ3n) is 4.79. The van der Waals surface area contributed by atoms with E-state index < -0.39 is 0 Å². The number of nitrogens with zero attached hydrogens (tertiary/aromatic N) is 1. The zero-order valence-electron chi connectivity index (χ0n) is 12.9. The zero-order chi connectivity index (χ0) is 14.5. The molecule has 20 heavy (non-hydrogen) atoms.